The van der Waals surface area contributed by atoms with Gasteiger partial charge in [-0.25, -0.2) is 0 Å². The van der Waals surface area contributed by atoms with E-state index in [9.17, 15) is 19.8 Å². The Kier molecular flexibility index (Phi) is 54.5. The van der Waals surface area contributed by atoms with Crippen molar-refractivity contribution in [3.8, 4) is 0 Å². The second kappa shape index (κ2) is 55.9. The predicted octanol–water partition coefficient (Wildman–Crippen LogP) is 18.2. The van der Waals surface area contributed by atoms with Gasteiger partial charge in [-0.15, -0.1) is 0 Å². The van der Waals surface area contributed by atoms with Gasteiger partial charge in [-0.05, 0) is 51.4 Å². The highest BCUT2D eigenvalue weighted by molar-refractivity contribution is 5.76. The first kappa shape index (κ1) is 64.3. The fourth-order valence-electron chi connectivity index (χ4n) is 9.19. The van der Waals surface area contributed by atoms with Gasteiger partial charge in [0.2, 0.25) is 5.91 Å². The summed E-state index contributed by atoms with van der Waals surface area (Å²) >= 11 is 0. The highest BCUT2D eigenvalue weighted by Gasteiger charge is 2.20. The van der Waals surface area contributed by atoms with E-state index in [2.05, 4.69) is 43.5 Å². The lowest BCUT2D eigenvalue weighted by Gasteiger charge is -2.22. The molecule has 0 spiro atoms. The normalized spacial score (nSPS) is 12.7. The number of carbonyl (C=O) groups is 2. The van der Waals surface area contributed by atoms with Crippen LogP contribution >= 0.6 is 0 Å². The fraction of sp³-hybridized carbons (Fsp3) is 0.900. The van der Waals surface area contributed by atoms with Crippen LogP contribution in [0.3, 0.4) is 0 Å². The number of carbonyl (C=O) groups excluding carboxylic acids is 2. The van der Waals surface area contributed by atoms with E-state index in [1.165, 1.54) is 238 Å². The van der Waals surface area contributed by atoms with Crippen molar-refractivity contribution in [3.05, 3.63) is 24.3 Å². The molecule has 0 aliphatic heterocycles. The molecule has 6 nitrogen and oxygen atoms in total. The molecule has 0 bridgehead atoms. The minimum Gasteiger partial charge on any atom is -0.466 e. The Labute approximate surface area is 411 Å². The summed E-state index contributed by atoms with van der Waals surface area (Å²) in [4.78, 5) is 24.5. The van der Waals surface area contributed by atoms with E-state index in [1.54, 1.807) is 0 Å². The topological polar surface area (TPSA) is 95.9 Å². The van der Waals surface area contributed by atoms with E-state index >= 15 is 0 Å². The Morgan fingerprint density at radius 1 is 0.424 bits per heavy atom. The van der Waals surface area contributed by atoms with E-state index in [0.29, 0.717) is 25.9 Å². The zero-order valence-electron chi connectivity index (χ0n) is 44.4. The van der Waals surface area contributed by atoms with E-state index in [0.717, 1.165) is 51.4 Å². The second-order valence-corrected chi connectivity index (χ2v) is 20.3. The van der Waals surface area contributed by atoms with Crippen molar-refractivity contribution in [2.75, 3.05) is 13.2 Å². The number of hydrogen-bond acceptors (Lipinski definition) is 5. The summed E-state index contributed by atoms with van der Waals surface area (Å²) in [6.07, 6.45) is 67.6. The zero-order chi connectivity index (χ0) is 47.9. The molecule has 0 rings (SSSR count). The van der Waals surface area contributed by atoms with Crippen LogP contribution in [-0.4, -0.2) is 47.4 Å². The number of rotatable bonds is 55. The van der Waals surface area contributed by atoms with E-state index in [1.807, 2.05) is 0 Å². The molecule has 2 unspecified atom stereocenters. The molecule has 1 amide bonds. The van der Waals surface area contributed by atoms with Gasteiger partial charge in [-0.2, -0.15) is 0 Å². The van der Waals surface area contributed by atoms with Gasteiger partial charge < -0.3 is 20.3 Å². The van der Waals surface area contributed by atoms with Gasteiger partial charge >= 0.3 is 5.97 Å². The summed E-state index contributed by atoms with van der Waals surface area (Å²) in [5.74, 6) is -0.0325. The molecular weight excluding hydrogens is 815 g/mol. The Balaban J connectivity index is 3.34. The number of aliphatic hydroxyl groups excluding tert-OH is 2. The fourth-order valence-corrected chi connectivity index (χ4v) is 9.19. The number of allylic oxidation sites excluding steroid dienone is 4. The quantitative estimate of drug-likeness (QED) is 0.0321. The van der Waals surface area contributed by atoms with Crippen LogP contribution in [0.25, 0.3) is 0 Å². The summed E-state index contributed by atoms with van der Waals surface area (Å²) in [5.41, 5.74) is 0. The van der Waals surface area contributed by atoms with Gasteiger partial charge in [-0.3, -0.25) is 9.59 Å². The van der Waals surface area contributed by atoms with Crippen LogP contribution in [0.5, 0.6) is 0 Å². The molecular formula is C60H115NO5. The maximum Gasteiger partial charge on any atom is 0.305 e. The molecule has 0 heterocycles. The van der Waals surface area contributed by atoms with Crippen LogP contribution in [0.4, 0.5) is 0 Å². The third-order valence-corrected chi connectivity index (χ3v) is 13.8. The molecule has 66 heavy (non-hydrogen) atoms. The average Bonchev–Trinajstić information content (AvgIpc) is 3.32. The number of unbranched alkanes of at least 4 members (excludes halogenated alkanes) is 40. The van der Waals surface area contributed by atoms with Crippen molar-refractivity contribution in [1.82, 2.24) is 5.32 Å². The van der Waals surface area contributed by atoms with E-state index < -0.39 is 12.1 Å². The van der Waals surface area contributed by atoms with Crippen molar-refractivity contribution in [3.63, 3.8) is 0 Å². The van der Waals surface area contributed by atoms with Crippen molar-refractivity contribution < 1.29 is 24.5 Å². The summed E-state index contributed by atoms with van der Waals surface area (Å²) in [7, 11) is 0. The highest BCUT2D eigenvalue weighted by atomic mass is 16.5. The zero-order valence-corrected chi connectivity index (χ0v) is 44.4. The Morgan fingerprint density at radius 3 is 1.20 bits per heavy atom. The first-order valence-electron chi connectivity index (χ1n) is 29.6. The van der Waals surface area contributed by atoms with Gasteiger partial charge in [0.15, 0.2) is 0 Å². The van der Waals surface area contributed by atoms with Crippen LogP contribution in [0.2, 0.25) is 0 Å². The van der Waals surface area contributed by atoms with Gasteiger partial charge in [0.1, 0.15) is 0 Å². The van der Waals surface area contributed by atoms with Gasteiger partial charge in [-0.1, -0.05) is 282 Å². The van der Waals surface area contributed by atoms with Crippen LogP contribution in [0.15, 0.2) is 24.3 Å². The van der Waals surface area contributed by atoms with Crippen LogP contribution in [-0.2, 0) is 14.3 Å². The molecule has 0 aliphatic rings. The maximum atomic E-state index is 12.4. The predicted molar refractivity (Wildman–Crippen MR) is 287 cm³/mol. The number of amides is 1. The average molecular weight is 931 g/mol. The van der Waals surface area contributed by atoms with Crippen molar-refractivity contribution in [2.45, 2.75) is 334 Å². The lowest BCUT2D eigenvalue weighted by atomic mass is 10.0. The Hall–Kier alpha value is -1.66. The van der Waals surface area contributed by atoms with Crippen LogP contribution < -0.4 is 5.32 Å². The minimum atomic E-state index is -0.661. The Morgan fingerprint density at radius 2 is 0.773 bits per heavy atom. The molecule has 2 atom stereocenters. The lowest BCUT2D eigenvalue weighted by Crippen LogP contribution is -2.45. The van der Waals surface area contributed by atoms with Crippen LogP contribution in [0, 0.1) is 0 Å². The lowest BCUT2D eigenvalue weighted by molar-refractivity contribution is -0.143. The van der Waals surface area contributed by atoms with Crippen LogP contribution in [0.1, 0.15) is 322 Å². The SMILES string of the molecule is CCCC/C=C\C/C=C\CCCCCCCC(=O)OCCCCCCCCCCCCCCCCCCCCCCCCCCCC(=O)NC(CO)C(O)CCCCCCCCCCCC. The third kappa shape index (κ3) is 51.7. The molecule has 0 saturated heterocycles. The number of nitrogens with one attached hydrogen (secondary N) is 1. The van der Waals surface area contributed by atoms with Crippen molar-refractivity contribution in [1.29, 1.82) is 0 Å². The van der Waals surface area contributed by atoms with E-state index in [4.69, 9.17) is 4.74 Å². The molecule has 6 heteroatoms. The molecule has 0 aromatic carbocycles. The number of ether oxygens (including phenoxy) is 1. The molecule has 0 radical (unpaired) electrons. The monoisotopic (exact) mass is 930 g/mol. The first-order valence-corrected chi connectivity index (χ1v) is 29.6. The molecule has 0 fully saturated rings. The van der Waals surface area contributed by atoms with Crippen molar-refractivity contribution >= 4 is 11.9 Å². The molecule has 0 aliphatic carbocycles. The maximum absolute atomic E-state index is 12.4. The summed E-state index contributed by atoms with van der Waals surface area (Å²) < 4.78 is 5.47. The largest absolute Gasteiger partial charge is 0.466 e. The number of aliphatic hydroxyl groups is 2. The number of hydrogen-bond donors (Lipinski definition) is 3. The molecule has 3 N–H and O–H groups in total. The molecule has 0 saturated carbocycles. The van der Waals surface area contributed by atoms with Crippen molar-refractivity contribution in [2.24, 2.45) is 0 Å². The standard InChI is InChI=1S/C60H115NO5/c1-3-5-7-9-11-13-15-16-31-34-38-42-46-50-54-60(65)66-55-51-47-43-39-35-32-29-27-25-23-21-19-17-18-20-22-24-26-28-30-33-37-41-45-49-53-59(64)61-57(56-62)58(63)52-48-44-40-36-14-12-10-8-6-4-2/h9,11,15-16,57-58,62-63H,3-8,10,12-14,17-56H2,1-2H3,(H,61,64)/b11-9-,16-15-. The highest BCUT2D eigenvalue weighted by Crippen LogP contribution is 2.18. The Bertz CT molecular complexity index is 1030. The van der Waals surface area contributed by atoms with E-state index in [-0.39, 0.29) is 18.5 Å². The molecule has 0 aromatic rings. The van der Waals surface area contributed by atoms with Gasteiger partial charge in [0.05, 0.1) is 25.4 Å². The molecule has 390 valence electrons. The third-order valence-electron chi connectivity index (χ3n) is 13.8. The first-order chi connectivity index (χ1) is 32.5. The summed E-state index contributed by atoms with van der Waals surface area (Å²) in [6.45, 7) is 4.90. The summed E-state index contributed by atoms with van der Waals surface area (Å²) in [5, 5.41) is 23.1. The minimum absolute atomic E-state index is 0.00174. The number of esters is 1. The second-order valence-electron chi connectivity index (χ2n) is 20.3. The summed E-state index contributed by atoms with van der Waals surface area (Å²) in [6, 6.07) is -0.538. The van der Waals surface area contributed by atoms with Gasteiger partial charge in [0.25, 0.3) is 0 Å². The molecule has 0 aromatic heterocycles. The smallest absolute Gasteiger partial charge is 0.305 e. The van der Waals surface area contributed by atoms with Gasteiger partial charge in [0, 0.05) is 12.8 Å².